The summed E-state index contributed by atoms with van der Waals surface area (Å²) >= 11 is 1.29. The van der Waals surface area contributed by atoms with Crippen molar-refractivity contribution >= 4 is 29.7 Å². The first-order valence-corrected chi connectivity index (χ1v) is 9.09. The van der Waals surface area contributed by atoms with Crippen molar-refractivity contribution in [3.63, 3.8) is 0 Å². The number of hydrogen-bond acceptors (Lipinski definition) is 5. The molecule has 0 radical (unpaired) electrons. The van der Waals surface area contributed by atoms with Crippen molar-refractivity contribution in [3.05, 3.63) is 65.5 Å². The molecule has 0 saturated heterocycles. The summed E-state index contributed by atoms with van der Waals surface area (Å²) in [4.78, 5) is 36.0. The molecule has 0 aromatic heterocycles. The monoisotopic (exact) mass is 390 g/mol. The van der Waals surface area contributed by atoms with E-state index in [2.05, 4.69) is 5.32 Å². The Morgan fingerprint density at radius 1 is 1.11 bits per heavy atom. The van der Waals surface area contributed by atoms with E-state index in [1.165, 1.54) is 31.8 Å². The Kier molecular flexibility index (Phi) is 7.36. The number of rotatable bonds is 6. The first-order chi connectivity index (χ1) is 12.9. The maximum atomic E-state index is 13.8. The summed E-state index contributed by atoms with van der Waals surface area (Å²) in [5.74, 6) is -1.42. The van der Waals surface area contributed by atoms with Crippen molar-refractivity contribution < 1.29 is 23.5 Å². The van der Waals surface area contributed by atoms with Crippen LogP contribution in [-0.2, 0) is 15.3 Å². The molecule has 2 rings (SSSR count). The van der Waals surface area contributed by atoms with Gasteiger partial charge in [-0.2, -0.15) is 0 Å². The molecule has 1 atom stereocenters. The van der Waals surface area contributed by atoms with Crippen molar-refractivity contribution in [2.75, 3.05) is 7.05 Å². The standard InChI is InChI=1S/C19H19FN2O4S/c1-12(17(23)22-19(25)21-2)26-18(24)14-8-4-6-10-16(14)27-11-13-7-3-5-9-15(13)20/h3-10,12H,11H2,1-2H3,(H2,21,22,23,25)/t12-/m1/s1. The largest absolute Gasteiger partial charge is 0.449 e. The quantitative estimate of drug-likeness (QED) is 0.585. The van der Waals surface area contributed by atoms with Gasteiger partial charge in [0.05, 0.1) is 5.56 Å². The fraction of sp³-hybridized carbons (Fsp3) is 0.211. The van der Waals surface area contributed by atoms with Crippen molar-refractivity contribution in [3.8, 4) is 0 Å². The molecule has 2 aromatic rings. The summed E-state index contributed by atoms with van der Waals surface area (Å²) in [5.41, 5.74) is 0.780. The lowest BCUT2D eigenvalue weighted by Crippen LogP contribution is -2.43. The highest BCUT2D eigenvalue weighted by Gasteiger charge is 2.22. The number of ether oxygens (including phenoxy) is 1. The first-order valence-electron chi connectivity index (χ1n) is 8.11. The summed E-state index contributed by atoms with van der Waals surface area (Å²) in [7, 11) is 1.36. The highest BCUT2D eigenvalue weighted by atomic mass is 32.2. The molecule has 27 heavy (non-hydrogen) atoms. The van der Waals surface area contributed by atoms with Gasteiger partial charge in [-0.1, -0.05) is 30.3 Å². The van der Waals surface area contributed by atoms with E-state index in [-0.39, 0.29) is 11.4 Å². The second-order valence-corrected chi connectivity index (χ2v) is 6.51. The molecule has 0 aliphatic rings. The number of benzene rings is 2. The summed E-state index contributed by atoms with van der Waals surface area (Å²) in [6, 6.07) is 12.4. The van der Waals surface area contributed by atoms with Crippen LogP contribution in [0.2, 0.25) is 0 Å². The number of thioether (sulfide) groups is 1. The number of carbonyl (C=O) groups excluding carboxylic acids is 3. The Hall–Kier alpha value is -2.87. The second kappa shape index (κ2) is 9.72. The summed E-state index contributed by atoms with van der Waals surface area (Å²) in [5, 5.41) is 4.28. The molecule has 142 valence electrons. The number of halogens is 1. The minimum atomic E-state index is -1.15. The van der Waals surface area contributed by atoms with Gasteiger partial charge in [0.2, 0.25) is 0 Å². The molecule has 3 amide bonds. The van der Waals surface area contributed by atoms with Crippen LogP contribution in [0.3, 0.4) is 0 Å². The van der Waals surface area contributed by atoms with Gasteiger partial charge in [0.15, 0.2) is 6.10 Å². The Bertz CT molecular complexity index is 844. The Labute approximate surface area is 160 Å². The van der Waals surface area contributed by atoms with Crippen LogP contribution in [0.1, 0.15) is 22.8 Å². The van der Waals surface area contributed by atoms with Crippen molar-refractivity contribution in [2.24, 2.45) is 0 Å². The van der Waals surface area contributed by atoms with Gasteiger partial charge < -0.3 is 10.1 Å². The molecule has 2 aromatic carbocycles. The SMILES string of the molecule is CNC(=O)NC(=O)[C@@H](C)OC(=O)c1ccccc1SCc1ccccc1F. The van der Waals surface area contributed by atoms with E-state index in [0.717, 1.165) is 0 Å². The zero-order valence-electron chi connectivity index (χ0n) is 14.8. The van der Waals surface area contributed by atoms with Crippen LogP contribution in [0.4, 0.5) is 9.18 Å². The van der Waals surface area contributed by atoms with Gasteiger partial charge in [-0.3, -0.25) is 10.1 Å². The topological polar surface area (TPSA) is 84.5 Å². The Balaban J connectivity index is 2.05. The molecule has 0 heterocycles. The van der Waals surface area contributed by atoms with Crippen LogP contribution in [0.5, 0.6) is 0 Å². The number of amides is 3. The average Bonchev–Trinajstić information content (AvgIpc) is 2.67. The molecule has 2 N–H and O–H groups in total. The third-order valence-electron chi connectivity index (χ3n) is 3.56. The number of imide groups is 1. The third-order valence-corrected chi connectivity index (χ3v) is 4.69. The maximum Gasteiger partial charge on any atom is 0.340 e. The predicted molar refractivity (Wildman–Crippen MR) is 99.9 cm³/mol. The van der Waals surface area contributed by atoms with E-state index >= 15 is 0 Å². The minimum Gasteiger partial charge on any atom is -0.449 e. The predicted octanol–water partition coefficient (Wildman–Crippen LogP) is 3.12. The zero-order chi connectivity index (χ0) is 19.8. The average molecular weight is 390 g/mol. The normalized spacial score (nSPS) is 11.4. The van der Waals surface area contributed by atoms with Gasteiger partial charge in [-0.15, -0.1) is 11.8 Å². The van der Waals surface area contributed by atoms with E-state index in [0.29, 0.717) is 16.2 Å². The van der Waals surface area contributed by atoms with Crippen molar-refractivity contribution in [2.45, 2.75) is 23.7 Å². The third kappa shape index (κ3) is 5.82. The minimum absolute atomic E-state index is 0.262. The fourth-order valence-electron chi connectivity index (χ4n) is 2.09. The van der Waals surface area contributed by atoms with Gasteiger partial charge in [0.1, 0.15) is 5.82 Å². The molecular weight excluding hydrogens is 371 g/mol. The van der Waals surface area contributed by atoms with Gasteiger partial charge in [-0.25, -0.2) is 14.0 Å². The molecule has 0 bridgehead atoms. The smallest absolute Gasteiger partial charge is 0.340 e. The van der Waals surface area contributed by atoms with Crippen molar-refractivity contribution in [1.29, 1.82) is 0 Å². The van der Waals surface area contributed by atoms with Gasteiger partial charge in [-0.05, 0) is 30.7 Å². The summed E-state index contributed by atoms with van der Waals surface area (Å²) in [6.45, 7) is 1.37. The van der Waals surface area contributed by atoms with Crippen LogP contribution < -0.4 is 10.6 Å². The molecule has 0 spiro atoms. The molecule has 0 fully saturated rings. The highest BCUT2D eigenvalue weighted by Crippen LogP contribution is 2.28. The molecule has 0 saturated carbocycles. The Morgan fingerprint density at radius 2 is 1.78 bits per heavy atom. The fourth-order valence-corrected chi connectivity index (χ4v) is 3.11. The van der Waals surface area contributed by atoms with Gasteiger partial charge in [0, 0.05) is 17.7 Å². The summed E-state index contributed by atoms with van der Waals surface area (Å²) in [6.07, 6.45) is -1.15. The number of esters is 1. The van der Waals surface area contributed by atoms with E-state index in [9.17, 15) is 18.8 Å². The number of urea groups is 1. The molecular formula is C19H19FN2O4S. The van der Waals surface area contributed by atoms with Crippen LogP contribution >= 0.6 is 11.8 Å². The zero-order valence-corrected chi connectivity index (χ0v) is 15.6. The molecule has 0 aliphatic carbocycles. The lowest BCUT2D eigenvalue weighted by Gasteiger charge is -2.14. The molecule has 8 heteroatoms. The van der Waals surface area contributed by atoms with E-state index < -0.39 is 24.0 Å². The Morgan fingerprint density at radius 3 is 2.48 bits per heavy atom. The maximum absolute atomic E-state index is 13.8. The number of hydrogen-bond donors (Lipinski definition) is 2. The molecule has 0 aliphatic heterocycles. The van der Waals surface area contributed by atoms with Crippen LogP contribution in [-0.4, -0.2) is 31.1 Å². The van der Waals surface area contributed by atoms with Crippen LogP contribution in [0, 0.1) is 5.82 Å². The lowest BCUT2D eigenvalue weighted by molar-refractivity contribution is -0.127. The second-order valence-electron chi connectivity index (χ2n) is 5.49. The lowest BCUT2D eigenvalue weighted by atomic mass is 10.2. The highest BCUT2D eigenvalue weighted by molar-refractivity contribution is 7.98. The first kappa shape index (κ1) is 20.4. The van der Waals surface area contributed by atoms with E-state index in [4.69, 9.17) is 4.74 Å². The van der Waals surface area contributed by atoms with Gasteiger partial charge >= 0.3 is 12.0 Å². The summed E-state index contributed by atoms with van der Waals surface area (Å²) < 4.78 is 18.9. The van der Waals surface area contributed by atoms with E-state index in [1.807, 2.05) is 5.32 Å². The van der Waals surface area contributed by atoms with Crippen molar-refractivity contribution in [1.82, 2.24) is 10.6 Å². The molecule has 6 nitrogen and oxygen atoms in total. The molecule has 0 unspecified atom stereocenters. The number of nitrogens with one attached hydrogen (secondary N) is 2. The van der Waals surface area contributed by atoms with E-state index in [1.54, 1.807) is 42.5 Å². The van der Waals surface area contributed by atoms with Gasteiger partial charge in [0.25, 0.3) is 5.91 Å². The number of carbonyl (C=O) groups is 3. The van der Waals surface area contributed by atoms with Crippen LogP contribution in [0.25, 0.3) is 0 Å². The van der Waals surface area contributed by atoms with Crippen LogP contribution in [0.15, 0.2) is 53.4 Å².